The molecule has 1 saturated heterocycles. The topological polar surface area (TPSA) is 44.8 Å². The summed E-state index contributed by atoms with van der Waals surface area (Å²) < 4.78 is 5.06. The van der Waals surface area contributed by atoms with Crippen LogP contribution < -0.4 is 5.32 Å². The van der Waals surface area contributed by atoms with E-state index in [1.165, 1.54) is 0 Å². The largest absolute Gasteiger partial charge is 0.465 e. The van der Waals surface area contributed by atoms with E-state index in [1.54, 1.807) is 0 Å². The standard InChI is InChI=1S/C13H27N3O2/c1-5-18-13(17)12(14-4)10-15-6-8-16(9-7-15)11(2)3/h11-12,14H,5-10H2,1-4H3. The Labute approximate surface area is 110 Å². The van der Waals surface area contributed by atoms with Crippen LogP contribution in [-0.4, -0.2) is 74.2 Å². The first kappa shape index (κ1) is 15.4. The number of hydrogen-bond acceptors (Lipinski definition) is 5. The summed E-state index contributed by atoms with van der Waals surface area (Å²) in [5.74, 6) is -0.147. The summed E-state index contributed by atoms with van der Waals surface area (Å²) in [6.07, 6.45) is 0. The number of nitrogens with zero attached hydrogens (tertiary/aromatic N) is 2. The lowest BCUT2D eigenvalue weighted by atomic mass is 10.2. The third-order valence-corrected chi connectivity index (χ3v) is 3.50. The number of rotatable bonds is 6. The number of likely N-dealkylation sites (N-methyl/N-ethyl adjacent to an activating group) is 1. The minimum absolute atomic E-state index is 0.147. The maximum atomic E-state index is 11.7. The predicted molar refractivity (Wildman–Crippen MR) is 72.6 cm³/mol. The van der Waals surface area contributed by atoms with Crippen molar-refractivity contribution in [1.82, 2.24) is 15.1 Å². The first-order valence-corrected chi connectivity index (χ1v) is 6.88. The summed E-state index contributed by atoms with van der Waals surface area (Å²) in [6.45, 7) is 11.7. The van der Waals surface area contributed by atoms with Gasteiger partial charge in [0.05, 0.1) is 6.61 Å². The molecule has 1 fully saturated rings. The molecule has 0 aromatic rings. The average molecular weight is 257 g/mol. The zero-order valence-corrected chi connectivity index (χ0v) is 12.1. The second-order valence-electron chi connectivity index (χ2n) is 5.02. The predicted octanol–water partition coefficient (Wildman–Crippen LogP) is 0.164. The zero-order chi connectivity index (χ0) is 13.5. The molecule has 1 N–H and O–H groups in total. The maximum absolute atomic E-state index is 11.7. The van der Waals surface area contributed by atoms with Crippen LogP contribution in [0.2, 0.25) is 0 Å². The van der Waals surface area contributed by atoms with Crippen molar-refractivity contribution in [1.29, 1.82) is 0 Å². The molecule has 0 saturated carbocycles. The average Bonchev–Trinajstić information content (AvgIpc) is 2.36. The Hall–Kier alpha value is -0.650. The third-order valence-electron chi connectivity index (χ3n) is 3.50. The molecule has 0 radical (unpaired) electrons. The van der Waals surface area contributed by atoms with E-state index in [4.69, 9.17) is 4.74 Å². The summed E-state index contributed by atoms with van der Waals surface area (Å²) in [5.41, 5.74) is 0. The summed E-state index contributed by atoms with van der Waals surface area (Å²) in [7, 11) is 1.81. The van der Waals surface area contributed by atoms with Crippen molar-refractivity contribution in [2.75, 3.05) is 46.4 Å². The van der Waals surface area contributed by atoms with Crippen molar-refractivity contribution in [3.63, 3.8) is 0 Å². The summed E-state index contributed by atoms with van der Waals surface area (Å²) >= 11 is 0. The Bertz CT molecular complexity index is 251. The summed E-state index contributed by atoms with van der Waals surface area (Å²) in [6, 6.07) is 0.396. The fraction of sp³-hybridized carbons (Fsp3) is 0.923. The number of hydrogen-bond donors (Lipinski definition) is 1. The SMILES string of the molecule is CCOC(=O)C(CN1CCN(C(C)C)CC1)NC. The van der Waals surface area contributed by atoms with Gasteiger partial charge in [0.15, 0.2) is 0 Å². The van der Waals surface area contributed by atoms with E-state index in [1.807, 2.05) is 14.0 Å². The molecular formula is C13H27N3O2. The van der Waals surface area contributed by atoms with Crippen LogP contribution in [0.15, 0.2) is 0 Å². The van der Waals surface area contributed by atoms with E-state index in [-0.39, 0.29) is 12.0 Å². The Morgan fingerprint density at radius 3 is 2.33 bits per heavy atom. The lowest BCUT2D eigenvalue weighted by Gasteiger charge is -2.37. The van der Waals surface area contributed by atoms with Gasteiger partial charge in [-0.2, -0.15) is 0 Å². The molecule has 0 aliphatic carbocycles. The highest BCUT2D eigenvalue weighted by atomic mass is 16.5. The minimum atomic E-state index is -0.212. The van der Waals surface area contributed by atoms with Crippen LogP contribution in [0.1, 0.15) is 20.8 Å². The molecule has 0 spiro atoms. The van der Waals surface area contributed by atoms with Gasteiger partial charge in [0.25, 0.3) is 0 Å². The molecule has 1 heterocycles. The Balaban J connectivity index is 2.36. The molecular weight excluding hydrogens is 230 g/mol. The monoisotopic (exact) mass is 257 g/mol. The molecule has 0 bridgehead atoms. The number of carbonyl (C=O) groups excluding carboxylic acids is 1. The van der Waals surface area contributed by atoms with Gasteiger partial charge in [-0.25, -0.2) is 0 Å². The van der Waals surface area contributed by atoms with Gasteiger partial charge in [-0.05, 0) is 27.8 Å². The molecule has 5 heteroatoms. The fourth-order valence-electron chi connectivity index (χ4n) is 2.25. The van der Waals surface area contributed by atoms with Crippen molar-refractivity contribution in [2.45, 2.75) is 32.9 Å². The van der Waals surface area contributed by atoms with Gasteiger partial charge in [0.2, 0.25) is 0 Å². The van der Waals surface area contributed by atoms with Crippen LogP contribution in [0.25, 0.3) is 0 Å². The van der Waals surface area contributed by atoms with Crippen molar-refractivity contribution in [3.05, 3.63) is 0 Å². The van der Waals surface area contributed by atoms with Gasteiger partial charge >= 0.3 is 5.97 Å². The van der Waals surface area contributed by atoms with Crippen molar-refractivity contribution >= 4 is 5.97 Å². The van der Waals surface area contributed by atoms with Crippen LogP contribution >= 0.6 is 0 Å². The third kappa shape index (κ3) is 4.55. The normalized spacial score (nSPS) is 20.1. The van der Waals surface area contributed by atoms with Crippen molar-refractivity contribution < 1.29 is 9.53 Å². The van der Waals surface area contributed by atoms with Crippen LogP contribution in [0.3, 0.4) is 0 Å². The van der Waals surface area contributed by atoms with E-state index in [2.05, 4.69) is 29.0 Å². The lowest BCUT2D eigenvalue weighted by Crippen LogP contribution is -2.53. The lowest BCUT2D eigenvalue weighted by molar-refractivity contribution is -0.146. The molecule has 18 heavy (non-hydrogen) atoms. The van der Waals surface area contributed by atoms with Gasteiger partial charge in [-0.3, -0.25) is 14.6 Å². The Morgan fingerprint density at radius 2 is 1.89 bits per heavy atom. The van der Waals surface area contributed by atoms with Crippen LogP contribution in [0.4, 0.5) is 0 Å². The Kier molecular flexibility index (Phi) is 6.60. The molecule has 1 aliphatic heterocycles. The van der Waals surface area contributed by atoms with E-state index >= 15 is 0 Å². The summed E-state index contributed by atoms with van der Waals surface area (Å²) in [4.78, 5) is 16.5. The minimum Gasteiger partial charge on any atom is -0.465 e. The molecule has 1 atom stereocenters. The zero-order valence-electron chi connectivity index (χ0n) is 12.1. The molecule has 0 aromatic heterocycles. The first-order valence-electron chi connectivity index (χ1n) is 6.88. The van der Waals surface area contributed by atoms with Crippen LogP contribution in [0, 0.1) is 0 Å². The highest BCUT2D eigenvalue weighted by Crippen LogP contribution is 2.06. The Morgan fingerprint density at radius 1 is 1.28 bits per heavy atom. The number of ether oxygens (including phenoxy) is 1. The molecule has 0 amide bonds. The van der Waals surface area contributed by atoms with Gasteiger partial charge in [-0.15, -0.1) is 0 Å². The highest BCUT2D eigenvalue weighted by Gasteiger charge is 2.24. The molecule has 1 rings (SSSR count). The highest BCUT2D eigenvalue weighted by molar-refractivity contribution is 5.76. The second-order valence-corrected chi connectivity index (χ2v) is 5.02. The van der Waals surface area contributed by atoms with E-state index in [0.717, 1.165) is 32.7 Å². The van der Waals surface area contributed by atoms with Gasteiger partial charge in [-0.1, -0.05) is 0 Å². The molecule has 106 valence electrons. The number of esters is 1. The van der Waals surface area contributed by atoms with Crippen molar-refractivity contribution in [2.24, 2.45) is 0 Å². The summed E-state index contributed by atoms with van der Waals surface area (Å²) in [5, 5.41) is 3.04. The first-order chi connectivity index (χ1) is 8.58. The van der Waals surface area contributed by atoms with E-state index in [0.29, 0.717) is 12.6 Å². The smallest absolute Gasteiger partial charge is 0.324 e. The van der Waals surface area contributed by atoms with Crippen LogP contribution in [0.5, 0.6) is 0 Å². The fourth-order valence-corrected chi connectivity index (χ4v) is 2.25. The quantitative estimate of drug-likeness (QED) is 0.687. The number of piperazine rings is 1. The van der Waals surface area contributed by atoms with Crippen molar-refractivity contribution in [3.8, 4) is 0 Å². The molecule has 0 aromatic carbocycles. The van der Waals surface area contributed by atoms with Crippen LogP contribution in [-0.2, 0) is 9.53 Å². The van der Waals surface area contributed by atoms with Gasteiger partial charge < -0.3 is 10.1 Å². The van der Waals surface area contributed by atoms with Gasteiger partial charge in [0, 0.05) is 38.8 Å². The van der Waals surface area contributed by atoms with Gasteiger partial charge in [0.1, 0.15) is 6.04 Å². The molecule has 5 nitrogen and oxygen atoms in total. The maximum Gasteiger partial charge on any atom is 0.324 e. The van der Waals surface area contributed by atoms with E-state index in [9.17, 15) is 4.79 Å². The number of carbonyl (C=O) groups is 1. The second kappa shape index (κ2) is 7.71. The molecule has 1 unspecified atom stereocenters. The molecule has 1 aliphatic rings. The number of nitrogens with one attached hydrogen (secondary N) is 1. The van der Waals surface area contributed by atoms with E-state index < -0.39 is 0 Å².